The quantitative estimate of drug-likeness (QED) is 0.270. The zero-order chi connectivity index (χ0) is 33.4. The van der Waals surface area contributed by atoms with E-state index >= 15 is 0 Å². The monoisotopic (exact) mass is 614 g/mol. The molecular formula is C31H58N4O8. The molecule has 0 aliphatic carbocycles. The second kappa shape index (κ2) is 15.1. The van der Waals surface area contributed by atoms with Crippen LogP contribution in [-0.4, -0.2) is 125 Å². The van der Waals surface area contributed by atoms with Gasteiger partial charge >= 0.3 is 23.9 Å². The summed E-state index contributed by atoms with van der Waals surface area (Å²) in [7, 11) is 0. The number of esters is 4. The lowest BCUT2D eigenvalue weighted by atomic mass is 9.90. The molecule has 12 heteroatoms. The normalized spacial score (nSPS) is 17.3. The highest BCUT2D eigenvalue weighted by Crippen LogP contribution is 2.27. The Balaban J connectivity index is 3.59. The molecule has 12 nitrogen and oxygen atoms in total. The highest BCUT2D eigenvalue weighted by Gasteiger charge is 2.44. The summed E-state index contributed by atoms with van der Waals surface area (Å²) < 4.78 is 22.5. The second-order valence-corrected chi connectivity index (χ2v) is 15.4. The summed E-state index contributed by atoms with van der Waals surface area (Å²) in [6.07, 6.45) is 0.355. The summed E-state index contributed by atoms with van der Waals surface area (Å²) in [6, 6.07) is 0. The molecule has 1 rings (SSSR count). The summed E-state index contributed by atoms with van der Waals surface area (Å²) in [6.45, 7) is 22.6. The van der Waals surface area contributed by atoms with E-state index in [0.29, 0.717) is 19.5 Å². The second-order valence-electron chi connectivity index (χ2n) is 15.4. The predicted molar refractivity (Wildman–Crippen MR) is 164 cm³/mol. The van der Waals surface area contributed by atoms with Crippen molar-refractivity contribution in [3.8, 4) is 0 Å². The van der Waals surface area contributed by atoms with Crippen LogP contribution < -0.4 is 5.73 Å². The van der Waals surface area contributed by atoms with Crippen molar-refractivity contribution >= 4 is 23.9 Å². The highest BCUT2D eigenvalue weighted by atomic mass is 16.6. The van der Waals surface area contributed by atoms with Crippen molar-refractivity contribution in [1.82, 2.24) is 14.7 Å². The molecule has 0 radical (unpaired) electrons. The molecule has 0 aromatic rings. The van der Waals surface area contributed by atoms with Crippen LogP contribution in [0.3, 0.4) is 0 Å². The lowest BCUT2D eigenvalue weighted by Crippen LogP contribution is -2.63. The third-order valence-electron chi connectivity index (χ3n) is 6.07. The van der Waals surface area contributed by atoms with Crippen LogP contribution in [0.1, 0.15) is 89.5 Å². The summed E-state index contributed by atoms with van der Waals surface area (Å²) >= 11 is 0. The summed E-state index contributed by atoms with van der Waals surface area (Å²) in [5, 5.41) is 0. The summed E-state index contributed by atoms with van der Waals surface area (Å²) in [4.78, 5) is 57.9. The maximum Gasteiger partial charge on any atom is 0.320 e. The molecule has 1 aliphatic heterocycles. The fourth-order valence-electron chi connectivity index (χ4n) is 4.94. The van der Waals surface area contributed by atoms with Crippen molar-refractivity contribution in [3.63, 3.8) is 0 Å². The van der Waals surface area contributed by atoms with E-state index in [-0.39, 0.29) is 45.8 Å². The molecule has 43 heavy (non-hydrogen) atoms. The third-order valence-corrected chi connectivity index (χ3v) is 6.07. The first-order valence-corrected chi connectivity index (χ1v) is 15.1. The smallest absolute Gasteiger partial charge is 0.320 e. The van der Waals surface area contributed by atoms with Crippen molar-refractivity contribution in [2.45, 2.75) is 117 Å². The maximum absolute atomic E-state index is 13.2. The molecule has 1 aliphatic rings. The van der Waals surface area contributed by atoms with E-state index in [1.165, 1.54) is 0 Å². The van der Waals surface area contributed by atoms with Crippen molar-refractivity contribution in [3.05, 3.63) is 0 Å². The van der Waals surface area contributed by atoms with E-state index in [9.17, 15) is 19.2 Å². The van der Waals surface area contributed by atoms with Crippen LogP contribution in [0.4, 0.5) is 0 Å². The molecule has 0 spiro atoms. The largest absolute Gasteiger partial charge is 0.459 e. The van der Waals surface area contributed by atoms with Crippen molar-refractivity contribution < 1.29 is 38.1 Å². The number of hydrogen-bond acceptors (Lipinski definition) is 12. The van der Waals surface area contributed by atoms with Crippen LogP contribution in [-0.2, 0) is 38.1 Å². The van der Waals surface area contributed by atoms with Gasteiger partial charge in [-0.25, -0.2) is 0 Å². The average Bonchev–Trinajstić information content (AvgIpc) is 2.87. The molecule has 0 unspecified atom stereocenters. The Morgan fingerprint density at radius 2 is 0.907 bits per heavy atom. The van der Waals surface area contributed by atoms with Gasteiger partial charge < -0.3 is 24.7 Å². The fourth-order valence-corrected chi connectivity index (χ4v) is 4.94. The minimum Gasteiger partial charge on any atom is -0.459 e. The third kappa shape index (κ3) is 16.4. The van der Waals surface area contributed by atoms with Crippen LogP contribution in [0.2, 0.25) is 0 Å². The molecule has 2 N–H and O–H groups in total. The number of rotatable bonds is 11. The van der Waals surface area contributed by atoms with Gasteiger partial charge in [0.25, 0.3) is 0 Å². The molecule has 1 heterocycles. The Morgan fingerprint density at radius 1 is 0.605 bits per heavy atom. The van der Waals surface area contributed by atoms with Gasteiger partial charge in [-0.15, -0.1) is 0 Å². The topological polar surface area (TPSA) is 141 Å². The number of nitrogens with two attached hydrogens (primary N) is 1. The minimum atomic E-state index is -0.941. The maximum atomic E-state index is 13.2. The fraction of sp³-hybridized carbons (Fsp3) is 0.871. The molecule has 0 atom stereocenters. The van der Waals surface area contributed by atoms with Crippen molar-refractivity contribution in [1.29, 1.82) is 0 Å². The van der Waals surface area contributed by atoms with Gasteiger partial charge in [0.05, 0.1) is 26.2 Å². The van der Waals surface area contributed by atoms with Gasteiger partial charge in [-0.1, -0.05) is 0 Å². The number of carbonyl (C=O) groups excluding carboxylic acids is 4. The van der Waals surface area contributed by atoms with E-state index in [4.69, 9.17) is 24.7 Å². The Kier molecular flexibility index (Phi) is 13.6. The zero-order valence-electron chi connectivity index (χ0n) is 28.8. The van der Waals surface area contributed by atoms with E-state index < -0.39 is 51.8 Å². The first-order chi connectivity index (χ1) is 19.3. The van der Waals surface area contributed by atoms with E-state index in [1.807, 2.05) is 9.80 Å². The Morgan fingerprint density at radius 3 is 1.19 bits per heavy atom. The van der Waals surface area contributed by atoms with Gasteiger partial charge in [-0.3, -0.25) is 33.9 Å². The predicted octanol–water partition coefficient (Wildman–Crippen LogP) is 2.36. The van der Waals surface area contributed by atoms with Gasteiger partial charge in [-0.05, 0) is 96.1 Å². The van der Waals surface area contributed by atoms with E-state index in [1.54, 1.807) is 88.0 Å². The summed E-state index contributed by atoms with van der Waals surface area (Å²) in [5.41, 5.74) is 2.41. The molecule has 0 amide bonds. The SMILES string of the molecule is CC(C)(C)OC(=O)CN1CCN(CC(=O)OC(C)(C)C)CC(CCN)(N(CC(=O)OC(C)(C)C)CC(=O)OC(C)(C)C)C1. The summed E-state index contributed by atoms with van der Waals surface area (Å²) in [5.74, 6) is -1.84. The number of carbonyl (C=O) groups is 4. The molecular weight excluding hydrogens is 556 g/mol. The van der Waals surface area contributed by atoms with Gasteiger partial charge in [-0.2, -0.15) is 0 Å². The standard InChI is InChI=1S/C31H58N4O8/c1-27(2,3)40-23(36)17-33-15-16-34(18-24(37)41-28(4,5)6)22-31(21-33,13-14-32)35(19-25(38)42-29(7,8)9)20-26(39)43-30(10,11)12/h13-22,32H2,1-12H3. The molecule has 0 aromatic carbocycles. The van der Waals surface area contributed by atoms with Crippen molar-refractivity contribution in [2.24, 2.45) is 5.73 Å². The number of hydrogen-bond donors (Lipinski definition) is 1. The minimum absolute atomic E-state index is 0.0173. The van der Waals surface area contributed by atoms with Gasteiger partial charge in [0.1, 0.15) is 22.4 Å². The van der Waals surface area contributed by atoms with Crippen LogP contribution in [0, 0.1) is 0 Å². The average molecular weight is 615 g/mol. The van der Waals surface area contributed by atoms with E-state index in [2.05, 4.69) is 0 Å². The molecule has 0 saturated carbocycles. The Labute approximate surface area is 258 Å². The first kappa shape index (κ1) is 38.7. The highest BCUT2D eigenvalue weighted by molar-refractivity contribution is 5.76. The number of ether oxygens (including phenoxy) is 4. The molecule has 1 fully saturated rings. The van der Waals surface area contributed by atoms with Gasteiger partial charge in [0.2, 0.25) is 0 Å². The van der Waals surface area contributed by atoms with E-state index in [0.717, 1.165) is 0 Å². The molecule has 0 bridgehead atoms. The van der Waals surface area contributed by atoms with Crippen LogP contribution in [0.25, 0.3) is 0 Å². The first-order valence-electron chi connectivity index (χ1n) is 15.1. The number of nitrogens with zero attached hydrogens (tertiary/aromatic N) is 3. The van der Waals surface area contributed by atoms with Crippen LogP contribution in [0.15, 0.2) is 0 Å². The molecule has 1 saturated heterocycles. The Hall–Kier alpha value is -2.28. The molecule has 0 aromatic heterocycles. The van der Waals surface area contributed by atoms with Crippen LogP contribution >= 0.6 is 0 Å². The lowest BCUT2D eigenvalue weighted by molar-refractivity contribution is -0.166. The Bertz CT molecular complexity index is 887. The zero-order valence-corrected chi connectivity index (χ0v) is 28.8. The van der Waals surface area contributed by atoms with Crippen LogP contribution in [0.5, 0.6) is 0 Å². The van der Waals surface area contributed by atoms with Gasteiger partial charge in [0, 0.05) is 31.7 Å². The molecule has 250 valence electrons. The van der Waals surface area contributed by atoms with Gasteiger partial charge in [0.15, 0.2) is 0 Å². The lowest BCUT2D eigenvalue weighted by Gasteiger charge is -2.46. The van der Waals surface area contributed by atoms with Crippen molar-refractivity contribution in [2.75, 3.05) is 58.9 Å².